The molecule has 3 N–H and O–H groups in total. The van der Waals surface area contributed by atoms with E-state index >= 15 is 4.39 Å². The molecule has 4 amide bonds. The van der Waals surface area contributed by atoms with Crippen LogP contribution < -0.4 is 25.6 Å². The number of nitriles is 1. The van der Waals surface area contributed by atoms with Gasteiger partial charge >= 0.3 is 18.2 Å². The minimum absolute atomic E-state index is 0.0546. The zero-order valence-electron chi connectivity index (χ0n) is 27.4. The lowest BCUT2D eigenvalue weighted by Gasteiger charge is -2.32. The van der Waals surface area contributed by atoms with Gasteiger partial charge in [-0.2, -0.15) is 5.26 Å². The molecule has 2 aliphatic rings. The lowest BCUT2D eigenvalue weighted by molar-refractivity contribution is 0.0564. The van der Waals surface area contributed by atoms with Crippen molar-refractivity contribution in [2.45, 2.75) is 78.6 Å². The second-order valence-corrected chi connectivity index (χ2v) is 13.5. The third kappa shape index (κ3) is 7.29. The van der Waals surface area contributed by atoms with Crippen molar-refractivity contribution < 1.29 is 33.0 Å². The summed E-state index contributed by atoms with van der Waals surface area (Å²) in [4.78, 5) is 48.8. The number of nitrogens with one attached hydrogen (secondary N) is 3. The molecule has 1 aromatic carbocycles. The number of halogens is 1. The van der Waals surface area contributed by atoms with E-state index in [9.17, 15) is 19.6 Å². The number of benzene rings is 1. The van der Waals surface area contributed by atoms with Crippen molar-refractivity contribution in [3.8, 4) is 23.1 Å². The fourth-order valence-corrected chi connectivity index (χ4v) is 5.32. The first-order valence-corrected chi connectivity index (χ1v) is 15.3. The molecule has 1 saturated carbocycles. The molecule has 47 heavy (non-hydrogen) atoms. The Labute approximate surface area is 271 Å². The Balaban J connectivity index is 1.59. The number of ether oxygens (including phenoxy) is 3. The van der Waals surface area contributed by atoms with Gasteiger partial charge in [0.25, 0.3) is 0 Å². The van der Waals surface area contributed by atoms with Gasteiger partial charge in [0.1, 0.15) is 29.3 Å². The molecule has 5 rings (SSSR count). The minimum Gasteiger partial charge on any atom is -0.474 e. The first-order chi connectivity index (χ1) is 22.0. The number of anilines is 3. The van der Waals surface area contributed by atoms with Crippen LogP contribution in [0.3, 0.4) is 0 Å². The first-order valence-electron chi connectivity index (χ1n) is 15.3. The number of carbonyl (C=O) groups excluding carboxylic acids is 3. The number of urea groups is 1. The molecule has 1 aliphatic heterocycles. The van der Waals surface area contributed by atoms with Crippen LogP contribution in [-0.4, -0.2) is 58.6 Å². The van der Waals surface area contributed by atoms with Crippen LogP contribution in [0.1, 0.15) is 59.9 Å². The van der Waals surface area contributed by atoms with Crippen molar-refractivity contribution >= 4 is 46.2 Å². The lowest BCUT2D eigenvalue weighted by atomic mass is 9.81. The summed E-state index contributed by atoms with van der Waals surface area (Å²) in [6.45, 7) is 12.4. The van der Waals surface area contributed by atoms with Crippen molar-refractivity contribution in [3.63, 3.8) is 0 Å². The molecule has 14 heteroatoms. The highest BCUT2D eigenvalue weighted by Gasteiger charge is 2.34. The van der Waals surface area contributed by atoms with Crippen molar-refractivity contribution in [2.75, 3.05) is 28.7 Å². The van der Waals surface area contributed by atoms with Crippen LogP contribution in [0.5, 0.6) is 5.88 Å². The van der Waals surface area contributed by atoms with Gasteiger partial charge in [-0.1, -0.05) is 0 Å². The number of rotatable bonds is 4. The second-order valence-electron chi connectivity index (χ2n) is 13.5. The van der Waals surface area contributed by atoms with E-state index in [2.05, 4.69) is 32.0 Å². The number of pyridine rings is 2. The fourth-order valence-electron chi connectivity index (χ4n) is 5.32. The van der Waals surface area contributed by atoms with Crippen LogP contribution in [0.2, 0.25) is 0 Å². The smallest absolute Gasteiger partial charge is 0.415 e. The highest BCUT2D eigenvalue weighted by atomic mass is 19.1. The standard InChI is InChI=1S/C33H38FN7O6/c1-17-21(15-37-28-27(17)41(10-11-45-28)31(44)47-33(5,6)7)20-12-19-13-24(39-29(42)38-23-9-8-18(23)14-35)36-16-22(19)26(25(20)34)40-30(43)46-32(2,3)4/h12-13,15-16,18,23H,8-11H2,1-7H3,(H,40,43)(H2,36,38,39,42)/t18-,23+/m0/s1. The topological polar surface area (TPSA) is 168 Å². The number of carbonyl (C=O) groups is 3. The van der Waals surface area contributed by atoms with Gasteiger partial charge in [-0.15, -0.1) is 0 Å². The average molecular weight is 648 g/mol. The zero-order valence-corrected chi connectivity index (χ0v) is 27.4. The zero-order chi connectivity index (χ0) is 34.3. The number of fused-ring (bicyclic) bond motifs is 2. The van der Waals surface area contributed by atoms with Crippen LogP contribution in [0.25, 0.3) is 21.9 Å². The summed E-state index contributed by atoms with van der Waals surface area (Å²) in [5, 5.41) is 17.8. The highest BCUT2D eigenvalue weighted by molar-refractivity contribution is 6.05. The highest BCUT2D eigenvalue weighted by Crippen LogP contribution is 2.42. The molecule has 2 atom stereocenters. The Morgan fingerprint density at radius 3 is 2.38 bits per heavy atom. The summed E-state index contributed by atoms with van der Waals surface area (Å²) in [5.74, 6) is -0.680. The van der Waals surface area contributed by atoms with Crippen LogP contribution in [0.4, 0.5) is 36.0 Å². The van der Waals surface area contributed by atoms with Crippen LogP contribution in [-0.2, 0) is 9.47 Å². The summed E-state index contributed by atoms with van der Waals surface area (Å²) in [6, 6.07) is 4.47. The van der Waals surface area contributed by atoms with E-state index in [1.54, 1.807) is 54.5 Å². The number of hydrogen-bond acceptors (Lipinski definition) is 9. The van der Waals surface area contributed by atoms with Gasteiger partial charge in [-0.05, 0) is 84.4 Å². The fraction of sp³-hybridized carbons (Fsp3) is 0.455. The average Bonchev–Trinajstić information content (AvgIpc) is 2.95. The normalized spacial score (nSPS) is 17.4. The van der Waals surface area contributed by atoms with Gasteiger partial charge in [0.15, 0.2) is 5.82 Å². The lowest BCUT2D eigenvalue weighted by Crippen LogP contribution is -2.47. The maximum atomic E-state index is 16.6. The van der Waals surface area contributed by atoms with E-state index in [0.29, 0.717) is 28.6 Å². The summed E-state index contributed by atoms with van der Waals surface area (Å²) in [7, 11) is 0. The Morgan fingerprint density at radius 1 is 1.02 bits per heavy atom. The predicted molar refractivity (Wildman–Crippen MR) is 173 cm³/mol. The molecule has 3 aromatic rings. The van der Waals surface area contributed by atoms with Gasteiger partial charge in [0, 0.05) is 34.9 Å². The van der Waals surface area contributed by atoms with Gasteiger partial charge in [0.2, 0.25) is 5.88 Å². The quantitative estimate of drug-likeness (QED) is 0.281. The third-order valence-electron chi connectivity index (χ3n) is 7.59. The van der Waals surface area contributed by atoms with E-state index in [4.69, 9.17) is 14.2 Å². The van der Waals surface area contributed by atoms with Crippen molar-refractivity contribution in [1.82, 2.24) is 15.3 Å². The number of hydrogen-bond donors (Lipinski definition) is 3. The molecule has 0 spiro atoms. The molecule has 0 saturated heterocycles. The summed E-state index contributed by atoms with van der Waals surface area (Å²) in [5.41, 5.74) is -0.603. The van der Waals surface area contributed by atoms with E-state index < -0.39 is 35.2 Å². The number of amides is 4. The van der Waals surface area contributed by atoms with Crippen LogP contribution in [0, 0.1) is 30.0 Å². The monoisotopic (exact) mass is 647 g/mol. The molecule has 13 nitrogen and oxygen atoms in total. The van der Waals surface area contributed by atoms with E-state index in [-0.39, 0.29) is 53.4 Å². The maximum absolute atomic E-state index is 16.6. The van der Waals surface area contributed by atoms with Gasteiger partial charge in [0.05, 0.1) is 24.2 Å². The Morgan fingerprint density at radius 2 is 1.74 bits per heavy atom. The molecule has 0 bridgehead atoms. The molecular formula is C33H38FN7O6. The van der Waals surface area contributed by atoms with E-state index in [0.717, 1.165) is 6.42 Å². The Kier molecular flexibility index (Phi) is 8.85. The second kappa shape index (κ2) is 12.5. The van der Waals surface area contributed by atoms with Crippen molar-refractivity contribution in [3.05, 3.63) is 35.9 Å². The predicted octanol–water partition coefficient (Wildman–Crippen LogP) is 6.65. The Bertz CT molecular complexity index is 1790. The van der Waals surface area contributed by atoms with Crippen LogP contribution >= 0.6 is 0 Å². The molecule has 3 heterocycles. The van der Waals surface area contributed by atoms with E-state index in [1.807, 2.05) is 0 Å². The Hall–Kier alpha value is -5.19. The van der Waals surface area contributed by atoms with Crippen LogP contribution in [0.15, 0.2) is 24.5 Å². The summed E-state index contributed by atoms with van der Waals surface area (Å²) in [6.07, 6.45) is 2.71. The molecular weight excluding hydrogens is 609 g/mol. The van der Waals surface area contributed by atoms with E-state index in [1.165, 1.54) is 23.4 Å². The molecule has 1 aliphatic carbocycles. The molecule has 0 radical (unpaired) electrons. The maximum Gasteiger partial charge on any atom is 0.415 e. The molecule has 2 aromatic heterocycles. The van der Waals surface area contributed by atoms with Crippen molar-refractivity contribution in [2.24, 2.45) is 5.92 Å². The molecule has 1 fully saturated rings. The largest absolute Gasteiger partial charge is 0.474 e. The summed E-state index contributed by atoms with van der Waals surface area (Å²) >= 11 is 0. The molecule has 0 unspecified atom stereocenters. The summed E-state index contributed by atoms with van der Waals surface area (Å²) < 4.78 is 33.3. The minimum atomic E-state index is -0.881. The van der Waals surface area contributed by atoms with Gasteiger partial charge < -0.3 is 19.5 Å². The SMILES string of the molecule is Cc1c(-c2cc3cc(NC(=O)N[C@@H]4CC[C@H]4C#N)ncc3c(NC(=O)OC(C)(C)C)c2F)cnc2c1N(C(=O)OC(C)(C)C)CCO2. The third-order valence-corrected chi connectivity index (χ3v) is 7.59. The molecule has 248 valence electrons. The first kappa shape index (κ1) is 33.2. The number of aromatic nitrogens is 2. The van der Waals surface area contributed by atoms with Gasteiger partial charge in [-0.25, -0.2) is 28.7 Å². The number of nitrogens with zero attached hydrogens (tertiary/aromatic N) is 4. The van der Waals surface area contributed by atoms with Crippen molar-refractivity contribution in [1.29, 1.82) is 5.26 Å². The van der Waals surface area contributed by atoms with Gasteiger partial charge in [-0.3, -0.25) is 15.5 Å².